The molecule has 0 saturated carbocycles. The van der Waals surface area contributed by atoms with Gasteiger partial charge in [0.1, 0.15) is 0 Å². The smallest absolute Gasteiger partial charge is 0.222 e. The molecule has 1 amide bonds. The predicted octanol–water partition coefficient (Wildman–Crippen LogP) is 2.46. The fourth-order valence-electron chi connectivity index (χ4n) is 2.57. The number of hydrogen-bond donors (Lipinski definition) is 1. The quantitative estimate of drug-likeness (QED) is 0.711. The van der Waals surface area contributed by atoms with E-state index in [1.54, 1.807) is 7.11 Å². The third kappa shape index (κ3) is 8.08. The first-order valence-electron chi connectivity index (χ1n) is 7.75. The van der Waals surface area contributed by atoms with E-state index in [0.717, 1.165) is 51.4 Å². The Bertz CT molecular complexity index is 238. The summed E-state index contributed by atoms with van der Waals surface area (Å²) in [7, 11) is 1.69. The lowest BCUT2D eigenvalue weighted by Gasteiger charge is -2.25. The zero-order valence-corrected chi connectivity index (χ0v) is 13.8. The molecule has 1 N–H and O–H groups in total. The van der Waals surface area contributed by atoms with Crippen molar-refractivity contribution in [2.45, 2.75) is 45.4 Å². The summed E-state index contributed by atoms with van der Waals surface area (Å²) in [4.78, 5) is 14.2. The fraction of sp³-hybridized carbons (Fsp3) is 0.933. The van der Waals surface area contributed by atoms with Crippen LogP contribution < -0.4 is 5.32 Å². The molecule has 0 aliphatic carbocycles. The molecule has 0 atom stereocenters. The minimum atomic E-state index is 0. The Morgan fingerprint density at radius 3 is 2.60 bits per heavy atom. The van der Waals surface area contributed by atoms with Crippen molar-refractivity contribution >= 4 is 18.3 Å². The lowest BCUT2D eigenvalue weighted by Crippen LogP contribution is -2.35. The maximum atomic E-state index is 12.3. The number of unbranched alkanes of at least 4 members (excludes halogenated alkanes) is 1. The Hall–Kier alpha value is -0.320. The SMILES string of the molecule is CCCCN(CCOC)C(=O)CCC1CCNCC1.Cl. The molecule has 120 valence electrons. The van der Waals surface area contributed by atoms with E-state index in [4.69, 9.17) is 4.74 Å². The molecule has 0 aromatic rings. The molecule has 1 aliphatic rings. The summed E-state index contributed by atoms with van der Waals surface area (Å²) in [6, 6.07) is 0. The number of amides is 1. The number of carbonyl (C=O) groups excluding carboxylic acids is 1. The molecule has 1 heterocycles. The zero-order valence-electron chi connectivity index (χ0n) is 13.0. The Morgan fingerprint density at radius 2 is 2.00 bits per heavy atom. The van der Waals surface area contributed by atoms with Crippen molar-refractivity contribution in [3.63, 3.8) is 0 Å². The van der Waals surface area contributed by atoms with Crippen LogP contribution in [0.1, 0.15) is 45.4 Å². The maximum Gasteiger partial charge on any atom is 0.222 e. The number of piperidine rings is 1. The van der Waals surface area contributed by atoms with Crippen LogP contribution in [-0.4, -0.2) is 50.7 Å². The lowest BCUT2D eigenvalue weighted by molar-refractivity contribution is -0.132. The summed E-state index contributed by atoms with van der Waals surface area (Å²) >= 11 is 0. The van der Waals surface area contributed by atoms with E-state index in [9.17, 15) is 4.79 Å². The van der Waals surface area contributed by atoms with Crippen LogP contribution in [0.15, 0.2) is 0 Å². The summed E-state index contributed by atoms with van der Waals surface area (Å²) < 4.78 is 5.09. The highest BCUT2D eigenvalue weighted by atomic mass is 35.5. The number of methoxy groups -OCH3 is 1. The average molecular weight is 307 g/mol. The van der Waals surface area contributed by atoms with E-state index in [2.05, 4.69) is 12.2 Å². The van der Waals surface area contributed by atoms with Crippen LogP contribution in [0, 0.1) is 5.92 Å². The largest absolute Gasteiger partial charge is 0.383 e. The van der Waals surface area contributed by atoms with E-state index < -0.39 is 0 Å². The second-order valence-corrected chi connectivity index (χ2v) is 5.46. The number of nitrogens with one attached hydrogen (secondary N) is 1. The molecule has 5 heteroatoms. The molecule has 20 heavy (non-hydrogen) atoms. The van der Waals surface area contributed by atoms with Crippen molar-refractivity contribution in [2.75, 3.05) is 39.9 Å². The van der Waals surface area contributed by atoms with Crippen molar-refractivity contribution in [1.82, 2.24) is 10.2 Å². The van der Waals surface area contributed by atoms with Crippen molar-refractivity contribution in [1.29, 1.82) is 0 Å². The van der Waals surface area contributed by atoms with Crippen molar-refractivity contribution in [3.8, 4) is 0 Å². The van der Waals surface area contributed by atoms with Crippen LogP contribution in [0.4, 0.5) is 0 Å². The first-order chi connectivity index (χ1) is 9.27. The molecule has 1 aliphatic heterocycles. The molecular weight excluding hydrogens is 276 g/mol. The monoisotopic (exact) mass is 306 g/mol. The second-order valence-electron chi connectivity index (χ2n) is 5.46. The van der Waals surface area contributed by atoms with Gasteiger partial charge in [-0.05, 0) is 44.7 Å². The summed E-state index contributed by atoms with van der Waals surface area (Å²) in [5.74, 6) is 1.05. The van der Waals surface area contributed by atoms with Gasteiger partial charge in [-0.2, -0.15) is 0 Å². The maximum absolute atomic E-state index is 12.3. The number of hydrogen-bond acceptors (Lipinski definition) is 3. The predicted molar refractivity (Wildman–Crippen MR) is 85.4 cm³/mol. The highest BCUT2D eigenvalue weighted by Gasteiger charge is 2.17. The summed E-state index contributed by atoms with van der Waals surface area (Å²) in [5.41, 5.74) is 0. The van der Waals surface area contributed by atoms with Gasteiger partial charge in [0.15, 0.2) is 0 Å². The van der Waals surface area contributed by atoms with Crippen LogP contribution in [-0.2, 0) is 9.53 Å². The lowest BCUT2D eigenvalue weighted by atomic mass is 9.93. The molecule has 0 spiro atoms. The number of nitrogens with zero attached hydrogens (tertiary/aromatic N) is 1. The van der Waals surface area contributed by atoms with Gasteiger partial charge in [0, 0.05) is 26.6 Å². The van der Waals surface area contributed by atoms with Gasteiger partial charge in [0.2, 0.25) is 5.91 Å². The third-order valence-electron chi connectivity index (χ3n) is 3.92. The van der Waals surface area contributed by atoms with Gasteiger partial charge in [0.25, 0.3) is 0 Å². The highest BCUT2D eigenvalue weighted by molar-refractivity contribution is 5.85. The highest BCUT2D eigenvalue weighted by Crippen LogP contribution is 2.18. The van der Waals surface area contributed by atoms with Crippen LogP contribution in [0.5, 0.6) is 0 Å². The zero-order chi connectivity index (χ0) is 13.9. The summed E-state index contributed by atoms with van der Waals surface area (Å²) in [6.45, 7) is 6.65. The molecule has 1 fully saturated rings. The molecule has 1 rings (SSSR count). The van der Waals surface area contributed by atoms with Crippen LogP contribution in [0.3, 0.4) is 0 Å². The minimum Gasteiger partial charge on any atom is -0.383 e. The minimum absolute atomic E-state index is 0. The Balaban J connectivity index is 0.00000361. The van der Waals surface area contributed by atoms with Gasteiger partial charge < -0.3 is 15.0 Å². The fourth-order valence-corrected chi connectivity index (χ4v) is 2.57. The van der Waals surface area contributed by atoms with Gasteiger partial charge in [0.05, 0.1) is 6.61 Å². The van der Waals surface area contributed by atoms with Crippen molar-refractivity contribution in [3.05, 3.63) is 0 Å². The van der Waals surface area contributed by atoms with Gasteiger partial charge in [-0.25, -0.2) is 0 Å². The first-order valence-corrected chi connectivity index (χ1v) is 7.75. The molecule has 0 radical (unpaired) electrons. The number of ether oxygens (including phenoxy) is 1. The number of carbonyl (C=O) groups is 1. The van der Waals surface area contributed by atoms with Gasteiger partial charge in [-0.3, -0.25) is 4.79 Å². The Labute approximate surface area is 130 Å². The van der Waals surface area contributed by atoms with E-state index in [1.165, 1.54) is 12.8 Å². The summed E-state index contributed by atoms with van der Waals surface area (Å²) in [6.07, 6.45) is 6.42. The first kappa shape index (κ1) is 19.7. The summed E-state index contributed by atoms with van der Waals surface area (Å²) in [5, 5.41) is 3.37. The normalized spacial score (nSPS) is 15.7. The van der Waals surface area contributed by atoms with Gasteiger partial charge in [-0.1, -0.05) is 13.3 Å². The van der Waals surface area contributed by atoms with Crippen molar-refractivity contribution < 1.29 is 9.53 Å². The van der Waals surface area contributed by atoms with E-state index in [0.29, 0.717) is 18.9 Å². The molecule has 4 nitrogen and oxygen atoms in total. The van der Waals surface area contributed by atoms with Crippen LogP contribution in [0.2, 0.25) is 0 Å². The van der Waals surface area contributed by atoms with E-state index in [-0.39, 0.29) is 12.4 Å². The molecule has 0 unspecified atom stereocenters. The third-order valence-corrected chi connectivity index (χ3v) is 3.92. The molecule has 1 saturated heterocycles. The molecule has 0 aromatic carbocycles. The van der Waals surface area contributed by atoms with E-state index >= 15 is 0 Å². The number of halogens is 1. The van der Waals surface area contributed by atoms with Gasteiger partial charge >= 0.3 is 0 Å². The van der Waals surface area contributed by atoms with E-state index in [1.807, 2.05) is 4.90 Å². The standard InChI is InChI=1S/C15H30N2O2.ClH/c1-3-4-11-17(12-13-19-2)15(18)6-5-14-7-9-16-10-8-14;/h14,16H,3-13H2,1-2H3;1H. The average Bonchev–Trinajstić information content (AvgIpc) is 2.46. The molecule has 0 aromatic heterocycles. The number of rotatable bonds is 9. The van der Waals surface area contributed by atoms with Crippen LogP contribution in [0.25, 0.3) is 0 Å². The molecule has 0 bridgehead atoms. The second kappa shape index (κ2) is 12.4. The van der Waals surface area contributed by atoms with Crippen molar-refractivity contribution in [2.24, 2.45) is 5.92 Å². The van der Waals surface area contributed by atoms with Crippen LogP contribution >= 0.6 is 12.4 Å². The Kier molecular flexibility index (Phi) is 12.2. The molecular formula is C15H31ClN2O2. The van der Waals surface area contributed by atoms with Gasteiger partial charge in [-0.15, -0.1) is 12.4 Å². The topological polar surface area (TPSA) is 41.6 Å². The Morgan fingerprint density at radius 1 is 1.30 bits per heavy atom.